The molecule has 3 rings (SSSR count). The molecule has 1 unspecified atom stereocenters. The summed E-state index contributed by atoms with van der Waals surface area (Å²) >= 11 is 0. The first kappa shape index (κ1) is 20.6. The van der Waals surface area contributed by atoms with Gasteiger partial charge in [-0.1, -0.05) is 25.1 Å². The molecule has 0 saturated carbocycles. The maximum absolute atomic E-state index is 12.8. The van der Waals surface area contributed by atoms with Crippen LogP contribution in [0.25, 0.3) is 0 Å². The first-order valence-corrected chi connectivity index (χ1v) is 9.91. The van der Waals surface area contributed by atoms with Crippen molar-refractivity contribution in [2.24, 2.45) is 5.10 Å². The first-order valence-electron chi connectivity index (χ1n) is 9.91. The molecule has 1 aromatic carbocycles. The molecular formula is C21H27N5O3. The van der Waals surface area contributed by atoms with Crippen LogP contribution in [-0.4, -0.2) is 56.8 Å². The van der Waals surface area contributed by atoms with E-state index in [2.05, 4.69) is 21.6 Å². The van der Waals surface area contributed by atoms with Crippen molar-refractivity contribution in [3.63, 3.8) is 0 Å². The number of rotatable bonds is 9. The van der Waals surface area contributed by atoms with E-state index in [0.717, 1.165) is 31.6 Å². The van der Waals surface area contributed by atoms with Crippen LogP contribution in [0, 0.1) is 0 Å². The summed E-state index contributed by atoms with van der Waals surface area (Å²) in [4.78, 5) is 30.5. The number of carboxylic acid groups (broad SMARTS) is 1. The lowest BCUT2D eigenvalue weighted by atomic mass is 10.1. The van der Waals surface area contributed by atoms with Crippen LogP contribution in [0.15, 0.2) is 47.8 Å². The van der Waals surface area contributed by atoms with Gasteiger partial charge in [0, 0.05) is 45.4 Å². The molecule has 8 nitrogen and oxygen atoms in total. The molecule has 29 heavy (non-hydrogen) atoms. The molecule has 1 aliphatic heterocycles. The molecule has 1 aliphatic rings. The molecule has 0 spiro atoms. The Morgan fingerprint density at radius 2 is 2.03 bits per heavy atom. The Bertz CT molecular complexity index is 877. The minimum Gasteiger partial charge on any atom is -0.480 e. The van der Waals surface area contributed by atoms with E-state index in [1.54, 1.807) is 30.3 Å². The van der Waals surface area contributed by atoms with E-state index in [1.165, 1.54) is 5.01 Å². The SMILES string of the molecule is CCCn1ccnc1CCCN(C)C(=O)C1=NN(c2ccccc2)C(C(=O)O)C1. The van der Waals surface area contributed by atoms with Gasteiger partial charge in [0.1, 0.15) is 11.5 Å². The lowest BCUT2D eigenvalue weighted by Crippen LogP contribution is -2.36. The first-order chi connectivity index (χ1) is 14.0. The molecule has 8 heteroatoms. The number of nitrogens with zero attached hydrogens (tertiary/aromatic N) is 5. The molecule has 1 N–H and O–H groups in total. The molecule has 0 bridgehead atoms. The van der Waals surface area contributed by atoms with Crippen molar-refractivity contribution >= 4 is 23.3 Å². The average molecular weight is 397 g/mol. The second-order valence-electron chi connectivity index (χ2n) is 7.15. The molecule has 0 aliphatic carbocycles. The minimum atomic E-state index is -0.995. The number of hydrogen-bond donors (Lipinski definition) is 1. The third-order valence-corrected chi connectivity index (χ3v) is 4.97. The van der Waals surface area contributed by atoms with Crippen molar-refractivity contribution in [3.05, 3.63) is 48.5 Å². The summed E-state index contributed by atoms with van der Waals surface area (Å²) < 4.78 is 2.14. The van der Waals surface area contributed by atoms with Crippen molar-refractivity contribution in [3.8, 4) is 0 Å². The highest BCUT2D eigenvalue weighted by molar-refractivity contribution is 6.40. The van der Waals surface area contributed by atoms with E-state index in [0.29, 0.717) is 12.2 Å². The Morgan fingerprint density at radius 3 is 2.72 bits per heavy atom. The van der Waals surface area contributed by atoms with Crippen LogP contribution in [0.3, 0.4) is 0 Å². The van der Waals surface area contributed by atoms with Gasteiger partial charge in [-0.25, -0.2) is 9.78 Å². The van der Waals surface area contributed by atoms with E-state index >= 15 is 0 Å². The van der Waals surface area contributed by atoms with Crippen LogP contribution < -0.4 is 5.01 Å². The lowest BCUT2D eigenvalue weighted by Gasteiger charge is -2.19. The van der Waals surface area contributed by atoms with Crippen molar-refractivity contribution in [1.29, 1.82) is 0 Å². The van der Waals surface area contributed by atoms with Gasteiger partial charge >= 0.3 is 5.97 Å². The molecule has 1 amide bonds. The average Bonchev–Trinajstić information content (AvgIpc) is 3.36. The quantitative estimate of drug-likeness (QED) is 0.702. The Kier molecular flexibility index (Phi) is 6.64. The smallest absolute Gasteiger partial charge is 0.328 e. The number of imidazole rings is 1. The van der Waals surface area contributed by atoms with E-state index in [1.807, 2.05) is 24.4 Å². The number of amides is 1. The summed E-state index contributed by atoms with van der Waals surface area (Å²) in [7, 11) is 1.73. The third-order valence-electron chi connectivity index (χ3n) is 4.97. The van der Waals surface area contributed by atoms with Gasteiger partial charge < -0.3 is 14.6 Å². The molecule has 154 valence electrons. The largest absolute Gasteiger partial charge is 0.480 e. The van der Waals surface area contributed by atoms with Crippen molar-refractivity contribution in [1.82, 2.24) is 14.5 Å². The topological polar surface area (TPSA) is 91.0 Å². The van der Waals surface area contributed by atoms with Gasteiger partial charge in [0.05, 0.1) is 5.69 Å². The number of carboxylic acids is 1. The predicted octanol–water partition coefficient (Wildman–Crippen LogP) is 2.40. The highest BCUT2D eigenvalue weighted by Crippen LogP contribution is 2.25. The number of carbonyl (C=O) groups is 2. The predicted molar refractivity (Wildman–Crippen MR) is 111 cm³/mol. The number of anilines is 1. The number of benzene rings is 1. The fraction of sp³-hybridized carbons (Fsp3) is 0.429. The zero-order valence-corrected chi connectivity index (χ0v) is 16.9. The van der Waals surface area contributed by atoms with Gasteiger partial charge in [0.25, 0.3) is 5.91 Å². The number of aryl methyl sites for hydroxylation is 2. The molecule has 0 saturated heterocycles. The molecule has 0 radical (unpaired) electrons. The van der Waals surface area contributed by atoms with Crippen LogP contribution in [-0.2, 0) is 22.6 Å². The summed E-state index contributed by atoms with van der Waals surface area (Å²) in [6.45, 7) is 3.62. The van der Waals surface area contributed by atoms with E-state index in [9.17, 15) is 14.7 Å². The van der Waals surface area contributed by atoms with Gasteiger partial charge in [-0.15, -0.1) is 0 Å². The number of hydrogen-bond acceptors (Lipinski definition) is 5. The summed E-state index contributed by atoms with van der Waals surface area (Å²) in [5, 5.41) is 15.3. The van der Waals surface area contributed by atoms with Crippen molar-refractivity contribution < 1.29 is 14.7 Å². The highest BCUT2D eigenvalue weighted by atomic mass is 16.4. The van der Waals surface area contributed by atoms with Crippen LogP contribution in [0.4, 0.5) is 5.69 Å². The zero-order valence-electron chi connectivity index (χ0n) is 16.9. The fourth-order valence-electron chi connectivity index (χ4n) is 3.46. The van der Waals surface area contributed by atoms with Gasteiger partial charge in [-0.05, 0) is 25.0 Å². The zero-order chi connectivity index (χ0) is 20.8. The lowest BCUT2D eigenvalue weighted by molar-refractivity contribution is -0.138. The monoisotopic (exact) mass is 397 g/mol. The van der Waals surface area contributed by atoms with Crippen LogP contribution in [0.2, 0.25) is 0 Å². The van der Waals surface area contributed by atoms with Crippen LogP contribution in [0.5, 0.6) is 0 Å². The number of aliphatic carboxylic acids is 1. The maximum Gasteiger partial charge on any atom is 0.328 e. The Labute approximate surface area is 170 Å². The Morgan fingerprint density at radius 1 is 1.28 bits per heavy atom. The van der Waals surface area contributed by atoms with Gasteiger partial charge in [0.2, 0.25) is 0 Å². The van der Waals surface area contributed by atoms with E-state index < -0.39 is 12.0 Å². The maximum atomic E-state index is 12.8. The summed E-state index contributed by atoms with van der Waals surface area (Å²) in [6, 6.07) is 8.19. The van der Waals surface area contributed by atoms with Crippen LogP contribution >= 0.6 is 0 Å². The van der Waals surface area contributed by atoms with Gasteiger partial charge in [0.15, 0.2) is 6.04 Å². The number of carbonyl (C=O) groups excluding carboxylic acids is 1. The molecule has 2 aromatic rings. The summed E-state index contributed by atoms with van der Waals surface area (Å²) in [6.07, 6.45) is 6.48. The Hall–Kier alpha value is -3.16. The fourth-order valence-corrected chi connectivity index (χ4v) is 3.46. The van der Waals surface area contributed by atoms with E-state index in [4.69, 9.17) is 0 Å². The summed E-state index contributed by atoms with van der Waals surface area (Å²) in [5.74, 6) is -0.204. The molecule has 1 aromatic heterocycles. The standard InChI is InChI=1S/C21H27N5O3/c1-3-12-25-14-11-22-19(25)10-7-13-24(2)20(27)17-15-18(21(28)29)26(23-17)16-8-5-4-6-9-16/h4-6,8-9,11,14,18H,3,7,10,12-13,15H2,1-2H3,(H,28,29). The number of para-hydroxylation sites is 1. The molecule has 2 heterocycles. The molecular weight excluding hydrogens is 370 g/mol. The van der Waals surface area contributed by atoms with Gasteiger partial charge in [-0.3, -0.25) is 9.80 Å². The van der Waals surface area contributed by atoms with E-state index in [-0.39, 0.29) is 18.0 Å². The van der Waals surface area contributed by atoms with Gasteiger partial charge in [-0.2, -0.15) is 5.10 Å². The molecule has 1 atom stereocenters. The molecule has 0 fully saturated rings. The van der Waals surface area contributed by atoms with Crippen molar-refractivity contribution in [2.45, 2.75) is 45.2 Å². The van der Waals surface area contributed by atoms with Crippen LogP contribution in [0.1, 0.15) is 32.0 Å². The second-order valence-corrected chi connectivity index (χ2v) is 7.15. The third kappa shape index (κ3) is 4.82. The second kappa shape index (κ2) is 9.36. The number of hydrazone groups is 1. The number of aromatic nitrogens is 2. The summed E-state index contributed by atoms with van der Waals surface area (Å²) in [5.41, 5.74) is 0.935. The normalized spacial score (nSPS) is 16.0. The highest BCUT2D eigenvalue weighted by Gasteiger charge is 2.36. The van der Waals surface area contributed by atoms with Crippen molar-refractivity contribution in [2.75, 3.05) is 18.6 Å². The minimum absolute atomic E-state index is 0.0916. The Balaban J connectivity index is 1.61.